The summed E-state index contributed by atoms with van der Waals surface area (Å²) in [6.45, 7) is 1.66. The number of rotatable bonds is 1. The van der Waals surface area contributed by atoms with Crippen LogP contribution in [0.1, 0.15) is 22.8 Å². The van der Waals surface area contributed by atoms with Gasteiger partial charge in [0.2, 0.25) is 5.79 Å². The van der Waals surface area contributed by atoms with Crippen LogP contribution in [0.15, 0.2) is 48.5 Å². The lowest BCUT2D eigenvalue weighted by atomic mass is 9.84. The Labute approximate surface area is 121 Å². The second-order valence-electron chi connectivity index (χ2n) is 4.89. The van der Waals surface area contributed by atoms with Crippen molar-refractivity contribution in [2.45, 2.75) is 12.7 Å². The average Bonchev–Trinajstić information content (AvgIpc) is 2.45. The maximum absolute atomic E-state index is 12.4. The van der Waals surface area contributed by atoms with Gasteiger partial charge in [-0.2, -0.15) is 0 Å². The third kappa shape index (κ3) is 1.90. The summed E-state index contributed by atoms with van der Waals surface area (Å²) >= 11 is 5.93. The number of ketones is 1. The zero-order valence-corrected chi connectivity index (χ0v) is 11.6. The fourth-order valence-corrected chi connectivity index (χ4v) is 2.60. The van der Waals surface area contributed by atoms with E-state index in [1.807, 2.05) is 6.07 Å². The van der Waals surface area contributed by atoms with Crippen molar-refractivity contribution in [2.75, 3.05) is 0 Å². The number of Topliss-reactive ketones (excluding diaryl/α,β-unsaturated/α-hetero) is 1. The highest BCUT2D eigenvalue weighted by Crippen LogP contribution is 2.42. The first-order valence-electron chi connectivity index (χ1n) is 6.33. The molecule has 0 unspecified atom stereocenters. The van der Waals surface area contributed by atoms with Gasteiger partial charge in [-0.3, -0.25) is 4.79 Å². The van der Waals surface area contributed by atoms with Gasteiger partial charge in [-0.15, -0.1) is 0 Å². The van der Waals surface area contributed by atoms with Crippen LogP contribution in [0.2, 0.25) is 5.02 Å². The molecule has 1 heterocycles. The number of carbonyl (C=O) groups excluding carboxylic acids is 1. The van der Waals surface area contributed by atoms with Crippen LogP contribution in [0, 0.1) is 5.92 Å². The lowest BCUT2D eigenvalue weighted by molar-refractivity contribution is -0.176. The summed E-state index contributed by atoms with van der Waals surface area (Å²) in [6.07, 6.45) is 0. The van der Waals surface area contributed by atoms with Crippen LogP contribution in [0.5, 0.6) is 5.75 Å². The molecule has 0 bridgehead atoms. The summed E-state index contributed by atoms with van der Waals surface area (Å²) in [5.41, 5.74) is 0.994. The van der Waals surface area contributed by atoms with Gasteiger partial charge in [0, 0.05) is 10.6 Å². The van der Waals surface area contributed by atoms with Crippen LogP contribution in [0.25, 0.3) is 0 Å². The van der Waals surface area contributed by atoms with Crippen molar-refractivity contribution in [3.8, 4) is 5.75 Å². The summed E-state index contributed by atoms with van der Waals surface area (Å²) in [5.74, 6) is -2.21. The molecule has 102 valence electrons. The Morgan fingerprint density at radius 2 is 1.90 bits per heavy atom. The van der Waals surface area contributed by atoms with E-state index < -0.39 is 11.7 Å². The lowest BCUT2D eigenvalue weighted by Gasteiger charge is -2.38. The Kier molecular flexibility index (Phi) is 3.04. The minimum atomic E-state index is -1.67. The van der Waals surface area contributed by atoms with Crippen molar-refractivity contribution in [3.05, 3.63) is 64.7 Å². The molecule has 0 saturated heterocycles. The molecule has 2 aromatic rings. The molecule has 0 amide bonds. The summed E-state index contributed by atoms with van der Waals surface area (Å²) in [4.78, 5) is 12.4. The number of fused-ring (bicyclic) bond motifs is 1. The van der Waals surface area contributed by atoms with Crippen molar-refractivity contribution < 1.29 is 14.6 Å². The van der Waals surface area contributed by atoms with Gasteiger partial charge < -0.3 is 9.84 Å². The SMILES string of the molecule is C[C@H]1C(=O)c2ccc(Cl)cc2O[C@@]1(O)c1ccccc1. The molecule has 0 spiro atoms. The molecule has 0 radical (unpaired) electrons. The number of aliphatic hydroxyl groups is 1. The predicted molar refractivity (Wildman–Crippen MR) is 75.9 cm³/mol. The number of hydrogen-bond donors (Lipinski definition) is 1. The van der Waals surface area contributed by atoms with E-state index in [1.54, 1.807) is 49.4 Å². The van der Waals surface area contributed by atoms with Gasteiger partial charge in [-0.05, 0) is 25.1 Å². The molecule has 2 atom stereocenters. The molecule has 2 aromatic carbocycles. The molecule has 3 rings (SSSR count). The van der Waals surface area contributed by atoms with Gasteiger partial charge in [-0.1, -0.05) is 41.9 Å². The number of benzene rings is 2. The molecular formula is C16H13ClO3. The smallest absolute Gasteiger partial charge is 0.244 e. The average molecular weight is 289 g/mol. The summed E-state index contributed by atoms with van der Waals surface area (Å²) in [6, 6.07) is 13.7. The first-order chi connectivity index (χ1) is 9.52. The zero-order chi connectivity index (χ0) is 14.3. The number of halogens is 1. The Balaban J connectivity index is 2.14. The monoisotopic (exact) mass is 288 g/mol. The second kappa shape index (κ2) is 4.62. The Morgan fingerprint density at radius 1 is 1.20 bits per heavy atom. The molecular weight excluding hydrogens is 276 g/mol. The predicted octanol–water partition coefficient (Wildman–Crippen LogP) is 3.40. The highest BCUT2D eigenvalue weighted by atomic mass is 35.5. The van der Waals surface area contributed by atoms with Crippen LogP contribution in [0.3, 0.4) is 0 Å². The van der Waals surface area contributed by atoms with E-state index in [4.69, 9.17) is 16.3 Å². The van der Waals surface area contributed by atoms with Crippen LogP contribution in [0.4, 0.5) is 0 Å². The van der Waals surface area contributed by atoms with Crippen LogP contribution in [-0.4, -0.2) is 10.9 Å². The standard InChI is InChI=1S/C16H13ClO3/c1-10-15(18)13-8-7-12(17)9-14(13)20-16(10,19)11-5-3-2-4-6-11/h2-10,19H,1H3/t10-,16+/m0/s1. The zero-order valence-electron chi connectivity index (χ0n) is 10.8. The maximum Gasteiger partial charge on any atom is 0.244 e. The Hall–Kier alpha value is -1.84. The summed E-state index contributed by atoms with van der Waals surface area (Å²) in [5, 5.41) is 11.3. The second-order valence-corrected chi connectivity index (χ2v) is 5.33. The first-order valence-corrected chi connectivity index (χ1v) is 6.71. The molecule has 0 aliphatic carbocycles. The molecule has 1 N–H and O–H groups in total. The van der Waals surface area contributed by atoms with Gasteiger partial charge in [0.1, 0.15) is 5.75 Å². The van der Waals surface area contributed by atoms with Gasteiger partial charge >= 0.3 is 0 Å². The van der Waals surface area contributed by atoms with E-state index in [1.165, 1.54) is 0 Å². The summed E-state index contributed by atoms with van der Waals surface area (Å²) < 4.78 is 5.72. The molecule has 0 fully saturated rings. The number of carbonyl (C=O) groups is 1. The molecule has 4 heteroatoms. The quantitative estimate of drug-likeness (QED) is 0.875. The number of ether oxygens (including phenoxy) is 1. The highest BCUT2D eigenvalue weighted by Gasteiger charge is 2.47. The van der Waals surface area contributed by atoms with E-state index in [2.05, 4.69) is 0 Å². The van der Waals surface area contributed by atoms with Gasteiger partial charge in [0.15, 0.2) is 5.78 Å². The van der Waals surface area contributed by atoms with Gasteiger partial charge in [-0.25, -0.2) is 0 Å². The van der Waals surface area contributed by atoms with E-state index in [0.29, 0.717) is 21.9 Å². The van der Waals surface area contributed by atoms with Crippen molar-refractivity contribution >= 4 is 17.4 Å². The van der Waals surface area contributed by atoms with Crippen molar-refractivity contribution in [1.29, 1.82) is 0 Å². The van der Waals surface area contributed by atoms with Crippen molar-refractivity contribution in [3.63, 3.8) is 0 Å². The molecule has 1 aliphatic heterocycles. The van der Waals surface area contributed by atoms with Crippen molar-refractivity contribution in [2.24, 2.45) is 5.92 Å². The lowest BCUT2D eigenvalue weighted by Crippen LogP contribution is -2.46. The minimum absolute atomic E-state index is 0.158. The van der Waals surface area contributed by atoms with Crippen LogP contribution < -0.4 is 4.74 Å². The van der Waals surface area contributed by atoms with Gasteiger partial charge in [0.25, 0.3) is 0 Å². The molecule has 3 nitrogen and oxygen atoms in total. The van der Waals surface area contributed by atoms with E-state index in [0.717, 1.165) is 0 Å². The molecule has 0 aromatic heterocycles. The normalized spacial score (nSPS) is 24.9. The van der Waals surface area contributed by atoms with Crippen LogP contribution >= 0.6 is 11.6 Å². The van der Waals surface area contributed by atoms with E-state index in [-0.39, 0.29) is 5.78 Å². The van der Waals surface area contributed by atoms with E-state index in [9.17, 15) is 9.90 Å². The van der Waals surface area contributed by atoms with E-state index >= 15 is 0 Å². The Morgan fingerprint density at radius 3 is 2.60 bits per heavy atom. The third-order valence-corrected chi connectivity index (χ3v) is 3.88. The molecule has 20 heavy (non-hydrogen) atoms. The third-order valence-electron chi connectivity index (χ3n) is 3.64. The van der Waals surface area contributed by atoms with Gasteiger partial charge in [0.05, 0.1) is 11.5 Å². The highest BCUT2D eigenvalue weighted by molar-refractivity contribution is 6.30. The topological polar surface area (TPSA) is 46.5 Å². The molecule has 1 aliphatic rings. The first kappa shape index (κ1) is 13.2. The molecule has 0 saturated carbocycles. The Bertz CT molecular complexity index is 669. The fraction of sp³-hybridized carbons (Fsp3) is 0.188. The van der Waals surface area contributed by atoms with Crippen molar-refractivity contribution in [1.82, 2.24) is 0 Å². The maximum atomic E-state index is 12.4. The number of hydrogen-bond acceptors (Lipinski definition) is 3. The minimum Gasteiger partial charge on any atom is -0.457 e. The largest absolute Gasteiger partial charge is 0.457 e. The fourth-order valence-electron chi connectivity index (χ4n) is 2.44. The van der Waals surface area contributed by atoms with Crippen LogP contribution in [-0.2, 0) is 5.79 Å². The summed E-state index contributed by atoms with van der Waals surface area (Å²) in [7, 11) is 0.